The molecule has 0 bridgehead atoms. The number of nitrogens with zero attached hydrogens (tertiary/aromatic N) is 1. The minimum absolute atomic E-state index is 0.296. The van der Waals surface area contributed by atoms with Gasteiger partial charge in [0.25, 0.3) is 0 Å². The van der Waals surface area contributed by atoms with Crippen LogP contribution in [-0.4, -0.2) is 17.7 Å². The van der Waals surface area contributed by atoms with Gasteiger partial charge in [0.05, 0.1) is 25.3 Å². The maximum atomic E-state index is 5.47. The van der Waals surface area contributed by atoms with Crippen LogP contribution in [0.3, 0.4) is 0 Å². The van der Waals surface area contributed by atoms with Gasteiger partial charge in [-0.3, -0.25) is 0 Å². The lowest BCUT2D eigenvalue weighted by Crippen LogP contribution is -2.08. The fourth-order valence-electron chi connectivity index (χ4n) is 1.54. The maximum Gasteiger partial charge on any atom is 0.197 e. The van der Waals surface area contributed by atoms with Gasteiger partial charge < -0.3 is 14.9 Å². The quantitative estimate of drug-likeness (QED) is 0.753. The molecule has 1 aliphatic rings. The number of nitrogens with two attached hydrogens (primary N) is 1. The summed E-state index contributed by atoms with van der Waals surface area (Å²) >= 11 is 0. The van der Waals surface area contributed by atoms with Gasteiger partial charge in [-0.05, 0) is 12.8 Å². The molecule has 1 fully saturated rings. The molecule has 2 heterocycles. The first-order chi connectivity index (χ1) is 6.38. The molecule has 0 saturated carbocycles. The van der Waals surface area contributed by atoms with Crippen molar-refractivity contribution in [2.45, 2.75) is 31.9 Å². The zero-order valence-corrected chi connectivity index (χ0v) is 7.53. The van der Waals surface area contributed by atoms with Gasteiger partial charge in [-0.25, -0.2) is 4.98 Å². The summed E-state index contributed by atoms with van der Waals surface area (Å²) in [7, 11) is 0. The molecule has 2 rings (SSSR count). The lowest BCUT2D eigenvalue weighted by molar-refractivity contribution is 0.105. The molecule has 0 amide bonds. The Morgan fingerprint density at radius 2 is 2.54 bits per heavy atom. The fourth-order valence-corrected chi connectivity index (χ4v) is 1.54. The Morgan fingerprint density at radius 1 is 1.62 bits per heavy atom. The van der Waals surface area contributed by atoms with Gasteiger partial charge in [0.1, 0.15) is 5.76 Å². The second-order valence-electron chi connectivity index (χ2n) is 3.26. The van der Waals surface area contributed by atoms with E-state index in [1.54, 1.807) is 6.20 Å². The molecular formula is C9H14N2O2. The van der Waals surface area contributed by atoms with Crippen LogP contribution in [0, 0.1) is 0 Å². The largest absolute Gasteiger partial charge is 0.444 e. The molecule has 13 heavy (non-hydrogen) atoms. The molecule has 4 heteroatoms. The molecule has 1 atom stereocenters. The van der Waals surface area contributed by atoms with E-state index in [1.807, 2.05) is 0 Å². The van der Waals surface area contributed by atoms with E-state index in [-0.39, 0.29) is 0 Å². The van der Waals surface area contributed by atoms with Crippen molar-refractivity contribution in [3.8, 4) is 0 Å². The molecule has 2 N–H and O–H groups in total. The van der Waals surface area contributed by atoms with E-state index in [1.165, 1.54) is 0 Å². The van der Waals surface area contributed by atoms with E-state index in [2.05, 4.69) is 4.98 Å². The molecule has 1 aliphatic heterocycles. The summed E-state index contributed by atoms with van der Waals surface area (Å²) in [5, 5.41) is 0. The Balaban J connectivity index is 1.92. The predicted molar refractivity (Wildman–Crippen MR) is 47.1 cm³/mol. The molecule has 0 aromatic carbocycles. The van der Waals surface area contributed by atoms with Crippen molar-refractivity contribution >= 4 is 0 Å². The standard InChI is InChI=1S/C9H14N2O2/c10-5-8-6-11-9(13-8)4-7-2-1-3-12-7/h6-7H,1-5,10H2. The van der Waals surface area contributed by atoms with E-state index in [0.29, 0.717) is 12.6 Å². The van der Waals surface area contributed by atoms with Crippen molar-refractivity contribution in [2.24, 2.45) is 5.73 Å². The Hall–Kier alpha value is -0.870. The molecule has 1 aromatic heterocycles. The van der Waals surface area contributed by atoms with E-state index in [9.17, 15) is 0 Å². The fraction of sp³-hybridized carbons (Fsp3) is 0.667. The summed E-state index contributed by atoms with van der Waals surface area (Å²) in [6.07, 6.45) is 5.02. The van der Waals surface area contributed by atoms with Crippen LogP contribution < -0.4 is 5.73 Å². The normalized spacial score (nSPS) is 22.4. The average molecular weight is 182 g/mol. The highest BCUT2D eigenvalue weighted by molar-refractivity contribution is 4.94. The van der Waals surface area contributed by atoms with Crippen molar-refractivity contribution in [1.29, 1.82) is 0 Å². The third-order valence-electron chi connectivity index (χ3n) is 2.23. The van der Waals surface area contributed by atoms with Gasteiger partial charge in [0.2, 0.25) is 0 Å². The van der Waals surface area contributed by atoms with E-state index in [4.69, 9.17) is 14.9 Å². The highest BCUT2D eigenvalue weighted by Gasteiger charge is 2.18. The van der Waals surface area contributed by atoms with Gasteiger partial charge in [0.15, 0.2) is 5.89 Å². The van der Waals surface area contributed by atoms with Gasteiger partial charge in [-0.1, -0.05) is 0 Å². The van der Waals surface area contributed by atoms with Crippen LogP contribution in [0.1, 0.15) is 24.5 Å². The summed E-state index contributed by atoms with van der Waals surface area (Å²) in [5.41, 5.74) is 5.41. The first-order valence-corrected chi connectivity index (χ1v) is 4.63. The van der Waals surface area contributed by atoms with Crippen molar-refractivity contribution in [3.05, 3.63) is 17.8 Å². The van der Waals surface area contributed by atoms with Gasteiger partial charge in [0, 0.05) is 6.61 Å². The second kappa shape index (κ2) is 3.89. The molecule has 4 nitrogen and oxygen atoms in total. The third-order valence-corrected chi connectivity index (χ3v) is 2.23. The van der Waals surface area contributed by atoms with Gasteiger partial charge >= 0.3 is 0 Å². The summed E-state index contributed by atoms with van der Waals surface area (Å²) in [6.45, 7) is 1.29. The van der Waals surface area contributed by atoms with Crippen molar-refractivity contribution in [1.82, 2.24) is 4.98 Å². The average Bonchev–Trinajstić information content (AvgIpc) is 2.76. The van der Waals surface area contributed by atoms with Gasteiger partial charge in [-0.2, -0.15) is 0 Å². The summed E-state index contributed by atoms with van der Waals surface area (Å²) in [6, 6.07) is 0. The zero-order valence-electron chi connectivity index (χ0n) is 7.53. The maximum absolute atomic E-state index is 5.47. The highest BCUT2D eigenvalue weighted by atomic mass is 16.5. The molecular weight excluding hydrogens is 168 g/mol. The first kappa shape index (κ1) is 8.72. The van der Waals surface area contributed by atoms with Crippen LogP contribution in [-0.2, 0) is 17.7 Å². The zero-order chi connectivity index (χ0) is 9.10. The van der Waals surface area contributed by atoms with Crippen LogP contribution in [0.4, 0.5) is 0 Å². The highest BCUT2D eigenvalue weighted by Crippen LogP contribution is 2.16. The first-order valence-electron chi connectivity index (χ1n) is 4.63. The van der Waals surface area contributed by atoms with E-state index in [0.717, 1.165) is 37.5 Å². The minimum atomic E-state index is 0.296. The molecule has 0 aliphatic carbocycles. The second-order valence-corrected chi connectivity index (χ2v) is 3.26. The molecule has 72 valence electrons. The smallest absolute Gasteiger partial charge is 0.197 e. The minimum Gasteiger partial charge on any atom is -0.444 e. The Bertz CT molecular complexity index is 266. The summed E-state index contributed by atoms with van der Waals surface area (Å²) in [4.78, 5) is 4.12. The number of oxazole rings is 1. The van der Waals surface area contributed by atoms with Crippen LogP contribution >= 0.6 is 0 Å². The van der Waals surface area contributed by atoms with E-state index >= 15 is 0 Å². The van der Waals surface area contributed by atoms with Crippen LogP contribution in [0.25, 0.3) is 0 Å². The summed E-state index contributed by atoms with van der Waals surface area (Å²) in [5.74, 6) is 1.49. The Labute approximate surface area is 77.1 Å². The lowest BCUT2D eigenvalue weighted by Gasteiger charge is -2.04. The summed E-state index contributed by atoms with van der Waals surface area (Å²) < 4.78 is 10.8. The number of rotatable bonds is 3. The lowest BCUT2D eigenvalue weighted by atomic mass is 10.2. The monoisotopic (exact) mass is 182 g/mol. The van der Waals surface area contributed by atoms with E-state index < -0.39 is 0 Å². The number of hydrogen-bond donors (Lipinski definition) is 1. The molecule has 1 aromatic rings. The number of ether oxygens (including phenoxy) is 1. The predicted octanol–water partition coefficient (Wildman–Crippen LogP) is 0.855. The van der Waals surface area contributed by atoms with Crippen molar-refractivity contribution < 1.29 is 9.15 Å². The molecule has 0 spiro atoms. The molecule has 1 unspecified atom stereocenters. The van der Waals surface area contributed by atoms with Crippen LogP contribution in [0.2, 0.25) is 0 Å². The molecule has 0 radical (unpaired) electrons. The Morgan fingerprint density at radius 3 is 3.15 bits per heavy atom. The molecule has 1 saturated heterocycles. The van der Waals surface area contributed by atoms with Crippen molar-refractivity contribution in [2.75, 3.05) is 6.61 Å². The van der Waals surface area contributed by atoms with Crippen molar-refractivity contribution in [3.63, 3.8) is 0 Å². The topological polar surface area (TPSA) is 61.3 Å². The Kier molecular flexibility index (Phi) is 2.61. The third kappa shape index (κ3) is 2.08. The number of hydrogen-bond acceptors (Lipinski definition) is 4. The SMILES string of the molecule is NCc1cnc(CC2CCCO2)o1. The van der Waals surface area contributed by atoms with Crippen LogP contribution in [0.5, 0.6) is 0 Å². The van der Waals surface area contributed by atoms with Gasteiger partial charge in [-0.15, -0.1) is 0 Å². The van der Waals surface area contributed by atoms with Crippen LogP contribution in [0.15, 0.2) is 10.6 Å². The number of aromatic nitrogens is 1.